The Kier molecular flexibility index (Phi) is 4.83. The van der Waals surface area contributed by atoms with Gasteiger partial charge in [0.05, 0.1) is 20.7 Å². The molecule has 5 nitrogen and oxygen atoms in total. The summed E-state index contributed by atoms with van der Waals surface area (Å²) >= 11 is 1.48. The summed E-state index contributed by atoms with van der Waals surface area (Å²) in [5.74, 6) is 0. The van der Waals surface area contributed by atoms with E-state index in [1.54, 1.807) is 24.3 Å². The molecule has 0 saturated heterocycles. The lowest BCUT2D eigenvalue weighted by atomic mass is 10.0. The van der Waals surface area contributed by atoms with E-state index in [9.17, 15) is 8.42 Å². The fraction of sp³-hybridized carbons (Fsp3) is 0.0370. The zero-order chi connectivity index (χ0) is 23.3. The maximum Gasteiger partial charge on any atom is 0.285 e. The van der Waals surface area contributed by atoms with E-state index < -0.39 is 10.0 Å². The SMILES string of the molecule is Cc1ccc(S(=O)(=O)/N=c2\oc3ccc4ccccc4c3cc2-c2nc3ccccc3s2)cc1. The molecule has 166 valence electrons. The third kappa shape index (κ3) is 3.59. The Balaban J connectivity index is 1.68. The molecule has 4 aromatic carbocycles. The predicted octanol–water partition coefficient (Wildman–Crippen LogP) is 6.46. The molecule has 0 atom stereocenters. The highest BCUT2D eigenvalue weighted by Crippen LogP contribution is 2.32. The largest absolute Gasteiger partial charge is 0.437 e. The highest BCUT2D eigenvalue weighted by molar-refractivity contribution is 7.90. The van der Waals surface area contributed by atoms with Gasteiger partial charge in [0.15, 0.2) is 0 Å². The van der Waals surface area contributed by atoms with Crippen LogP contribution in [0.25, 0.3) is 42.5 Å². The van der Waals surface area contributed by atoms with Gasteiger partial charge in [-0.2, -0.15) is 8.42 Å². The fourth-order valence-corrected chi connectivity index (χ4v) is 5.87. The van der Waals surface area contributed by atoms with E-state index in [4.69, 9.17) is 9.40 Å². The van der Waals surface area contributed by atoms with Crippen molar-refractivity contribution in [3.8, 4) is 10.6 Å². The van der Waals surface area contributed by atoms with Crippen molar-refractivity contribution < 1.29 is 12.8 Å². The first kappa shape index (κ1) is 20.8. The zero-order valence-electron chi connectivity index (χ0n) is 18.1. The molecule has 0 aliphatic rings. The number of benzene rings is 4. The summed E-state index contributed by atoms with van der Waals surface area (Å²) < 4.78 is 37.6. The van der Waals surface area contributed by atoms with Gasteiger partial charge in [-0.3, -0.25) is 0 Å². The minimum Gasteiger partial charge on any atom is -0.437 e. The average Bonchev–Trinajstić information content (AvgIpc) is 3.27. The fourth-order valence-electron chi connectivity index (χ4n) is 3.96. The molecule has 2 heterocycles. The Hall–Kier alpha value is -3.81. The van der Waals surface area contributed by atoms with Crippen molar-refractivity contribution in [1.29, 1.82) is 0 Å². The van der Waals surface area contributed by atoms with E-state index in [2.05, 4.69) is 4.40 Å². The number of thiazole rings is 1. The van der Waals surface area contributed by atoms with E-state index in [0.717, 1.165) is 31.9 Å². The normalized spacial score (nSPS) is 12.7. The summed E-state index contributed by atoms with van der Waals surface area (Å²) in [6.45, 7) is 1.90. The van der Waals surface area contributed by atoms with Gasteiger partial charge in [-0.1, -0.05) is 60.2 Å². The van der Waals surface area contributed by atoms with E-state index >= 15 is 0 Å². The van der Waals surface area contributed by atoms with E-state index in [0.29, 0.717) is 16.2 Å². The topological polar surface area (TPSA) is 72.5 Å². The van der Waals surface area contributed by atoms with Gasteiger partial charge in [-0.25, -0.2) is 4.98 Å². The number of rotatable bonds is 3. The second kappa shape index (κ2) is 7.90. The first-order valence-corrected chi connectivity index (χ1v) is 12.9. The molecular formula is C27H18N2O3S2. The molecule has 7 heteroatoms. The minimum absolute atomic E-state index is 0.0161. The van der Waals surface area contributed by atoms with Crippen molar-refractivity contribution in [1.82, 2.24) is 4.98 Å². The van der Waals surface area contributed by atoms with Gasteiger partial charge >= 0.3 is 0 Å². The summed E-state index contributed by atoms with van der Waals surface area (Å²) in [7, 11) is -3.99. The van der Waals surface area contributed by atoms with Crippen LogP contribution in [0.4, 0.5) is 0 Å². The standard InChI is InChI=1S/C27H18N2O3S2/c1-17-10-13-19(14-11-17)34(30,31)29-26-22(27-28-23-8-4-5-9-25(23)33-27)16-21-20-7-3-2-6-18(20)12-15-24(21)32-26/h2-16H,1H3/b29-26-. The summed E-state index contributed by atoms with van der Waals surface area (Å²) in [6.07, 6.45) is 0. The Labute approximate surface area is 199 Å². The summed E-state index contributed by atoms with van der Waals surface area (Å²) in [4.78, 5) is 4.86. The maximum atomic E-state index is 13.2. The van der Waals surface area contributed by atoms with Crippen molar-refractivity contribution in [3.63, 3.8) is 0 Å². The van der Waals surface area contributed by atoms with Crippen LogP contribution in [0.5, 0.6) is 0 Å². The molecule has 6 aromatic rings. The zero-order valence-corrected chi connectivity index (χ0v) is 19.7. The summed E-state index contributed by atoms with van der Waals surface area (Å²) in [5.41, 5.74) is 2.92. The molecule has 0 aliphatic carbocycles. The van der Waals surface area contributed by atoms with Crippen LogP contribution in [0.15, 0.2) is 105 Å². The van der Waals surface area contributed by atoms with Crippen molar-refractivity contribution in [2.24, 2.45) is 4.40 Å². The second-order valence-electron chi connectivity index (χ2n) is 8.03. The first-order valence-electron chi connectivity index (χ1n) is 10.7. The molecule has 0 N–H and O–H groups in total. The lowest BCUT2D eigenvalue weighted by molar-refractivity contribution is 0.543. The van der Waals surface area contributed by atoms with Crippen molar-refractivity contribution in [2.75, 3.05) is 0 Å². The van der Waals surface area contributed by atoms with Gasteiger partial charge in [0.2, 0.25) is 5.55 Å². The van der Waals surface area contributed by atoms with Gasteiger partial charge in [-0.05, 0) is 54.1 Å². The molecule has 34 heavy (non-hydrogen) atoms. The molecular weight excluding hydrogens is 464 g/mol. The van der Waals surface area contributed by atoms with Crippen LogP contribution in [0.3, 0.4) is 0 Å². The van der Waals surface area contributed by atoms with Crippen LogP contribution in [-0.2, 0) is 10.0 Å². The smallest absolute Gasteiger partial charge is 0.285 e. The van der Waals surface area contributed by atoms with Crippen LogP contribution in [-0.4, -0.2) is 13.4 Å². The summed E-state index contributed by atoms with van der Waals surface area (Å²) in [5, 5.41) is 3.60. The first-order chi connectivity index (χ1) is 16.5. The molecule has 0 amide bonds. The average molecular weight is 483 g/mol. The van der Waals surface area contributed by atoms with Gasteiger partial charge in [0.25, 0.3) is 10.0 Å². The molecule has 0 spiro atoms. The number of fused-ring (bicyclic) bond motifs is 4. The van der Waals surface area contributed by atoms with Crippen LogP contribution < -0.4 is 5.55 Å². The van der Waals surface area contributed by atoms with Crippen LogP contribution >= 0.6 is 11.3 Å². The lowest BCUT2D eigenvalue weighted by Crippen LogP contribution is -2.11. The number of sulfonamides is 1. The molecule has 2 aromatic heterocycles. The Morgan fingerprint density at radius 3 is 2.44 bits per heavy atom. The number of para-hydroxylation sites is 1. The quantitative estimate of drug-likeness (QED) is 0.271. The highest BCUT2D eigenvalue weighted by atomic mass is 32.2. The van der Waals surface area contributed by atoms with Crippen LogP contribution in [0.1, 0.15) is 5.56 Å². The Morgan fingerprint density at radius 1 is 0.853 bits per heavy atom. The van der Waals surface area contributed by atoms with Gasteiger partial charge in [0, 0.05) is 5.39 Å². The molecule has 0 bridgehead atoms. The number of hydrogen-bond donors (Lipinski definition) is 0. The Morgan fingerprint density at radius 2 is 1.62 bits per heavy atom. The number of aromatic nitrogens is 1. The molecule has 0 aliphatic heterocycles. The van der Waals surface area contributed by atoms with Crippen molar-refractivity contribution >= 4 is 53.3 Å². The second-order valence-corrected chi connectivity index (χ2v) is 10.7. The van der Waals surface area contributed by atoms with Crippen LogP contribution in [0.2, 0.25) is 0 Å². The lowest BCUT2D eigenvalue weighted by Gasteiger charge is -2.06. The van der Waals surface area contributed by atoms with Crippen molar-refractivity contribution in [2.45, 2.75) is 11.8 Å². The number of aryl methyl sites for hydroxylation is 1. The number of hydrogen-bond acceptors (Lipinski definition) is 5. The van der Waals surface area contributed by atoms with Gasteiger partial charge in [0.1, 0.15) is 10.6 Å². The molecule has 0 fully saturated rings. The molecule has 0 saturated carbocycles. The monoisotopic (exact) mass is 482 g/mol. The summed E-state index contributed by atoms with van der Waals surface area (Å²) in [6, 6.07) is 28.2. The van der Waals surface area contributed by atoms with E-state index in [1.807, 2.05) is 73.7 Å². The van der Waals surface area contributed by atoms with Gasteiger partial charge in [-0.15, -0.1) is 15.7 Å². The Bertz CT molecular complexity index is 1850. The van der Waals surface area contributed by atoms with E-state index in [1.165, 1.54) is 11.3 Å². The van der Waals surface area contributed by atoms with Crippen LogP contribution in [0, 0.1) is 6.92 Å². The number of nitrogens with zero attached hydrogens (tertiary/aromatic N) is 2. The van der Waals surface area contributed by atoms with Crippen molar-refractivity contribution in [3.05, 3.63) is 102 Å². The molecule has 0 radical (unpaired) electrons. The third-order valence-corrected chi connectivity index (χ3v) is 8.05. The molecule has 6 rings (SSSR count). The van der Waals surface area contributed by atoms with Gasteiger partial charge < -0.3 is 4.42 Å². The molecule has 0 unspecified atom stereocenters. The predicted molar refractivity (Wildman–Crippen MR) is 136 cm³/mol. The van der Waals surface area contributed by atoms with E-state index in [-0.39, 0.29) is 10.4 Å². The minimum atomic E-state index is -3.99. The highest BCUT2D eigenvalue weighted by Gasteiger charge is 2.18. The maximum absolute atomic E-state index is 13.2. The third-order valence-electron chi connectivity index (χ3n) is 5.70.